The van der Waals surface area contributed by atoms with Gasteiger partial charge in [-0.3, -0.25) is 4.57 Å². The van der Waals surface area contributed by atoms with Crippen molar-refractivity contribution in [2.24, 2.45) is 0 Å². The van der Waals surface area contributed by atoms with Crippen molar-refractivity contribution in [1.29, 1.82) is 5.26 Å². The average Bonchev–Trinajstić information content (AvgIpc) is 2.85. The number of hydrogen-bond donors (Lipinski definition) is 0. The lowest BCUT2D eigenvalue weighted by Crippen LogP contribution is -2.03. The Morgan fingerprint density at radius 1 is 1.20 bits per heavy atom. The highest BCUT2D eigenvalue weighted by atomic mass is 35.5. The van der Waals surface area contributed by atoms with Crippen molar-refractivity contribution in [2.75, 3.05) is 0 Å². The van der Waals surface area contributed by atoms with E-state index in [0.717, 1.165) is 11.0 Å². The first-order valence-electron chi connectivity index (χ1n) is 5.97. The molecule has 2 aromatic carbocycles. The summed E-state index contributed by atoms with van der Waals surface area (Å²) in [4.78, 5) is 4.41. The number of nitriles is 1. The first-order chi connectivity index (χ1) is 9.76. The molecular formula is C15H9ClFN3. The second-order valence-electron chi connectivity index (χ2n) is 4.23. The van der Waals surface area contributed by atoms with Crippen LogP contribution < -0.4 is 0 Å². The maximum atomic E-state index is 13.8. The van der Waals surface area contributed by atoms with Gasteiger partial charge in [-0.1, -0.05) is 18.2 Å². The Morgan fingerprint density at radius 2 is 2.00 bits per heavy atom. The molecule has 98 valence electrons. The van der Waals surface area contributed by atoms with Crippen molar-refractivity contribution in [1.82, 2.24) is 9.55 Å². The zero-order valence-electron chi connectivity index (χ0n) is 10.3. The number of nitrogens with zero attached hydrogens (tertiary/aromatic N) is 3. The van der Waals surface area contributed by atoms with Crippen molar-refractivity contribution < 1.29 is 4.39 Å². The molecule has 0 amide bonds. The molecule has 0 saturated heterocycles. The number of aromatic nitrogens is 2. The Morgan fingerprint density at radius 3 is 2.75 bits per heavy atom. The minimum atomic E-state index is -0.552. The zero-order chi connectivity index (χ0) is 14.1. The Kier molecular flexibility index (Phi) is 3.13. The molecule has 0 aliphatic rings. The molecule has 0 N–H and O–H groups in total. The van der Waals surface area contributed by atoms with Crippen LogP contribution in [0, 0.1) is 17.1 Å². The molecule has 0 radical (unpaired) electrons. The van der Waals surface area contributed by atoms with Crippen LogP contribution in [0.2, 0.25) is 0 Å². The van der Waals surface area contributed by atoms with Gasteiger partial charge in [0.15, 0.2) is 0 Å². The monoisotopic (exact) mass is 285 g/mol. The summed E-state index contributed by atoms with van der Waals surface area (Å²) in [5, 5.41) is 9.18. The molecule has 0 saturated carbocycles. The van der Waals surface area contributed by atoms with Crippen LogP contribution in [0.25, 0.3) is 16.7 Å². The summed E-state index contributed by atoms with van der Waals surface area (Å²) in [5.74, 6) is 0.203. The Bertz CT molecular complexity index is 833. The highest BCUT2D eigenvalue weighted by Gasteiger charge is 2.16. The lowest BCUT2D eigenvalue weighted by atomic mass is 10.1. The van der Waals surface area contributed by atoms with E-state index in [1.807, 2.05) is 30.3 Å². The third-order valence-electron chi connectivity index (χ3n) is 3.09. The summed E-state index contributed by atoms with van der Waals surface area (Å²) >= 11 is 5.93. The predicted octanol–water partition coefficient (Wildman–Crippen LogP) is 3.78. The largest absolute Gasteiger partial charge is 0.294 e. The van der Waals surface area contributed by atoms with Gasteiger partial charge in [0.25, 0.3) is 0 Å². The molecule has 0 atom stereocenters. The van der Waals surface area contributed by atoms with Crippen LogP contribution in [0.15, 0.2) is 42.5 Å². The summed E-state index contributed by atoms with van der Waals surface area (Å²) < 4.78 is 15.5. The third-order valence-corrected chi connectivity index (χ3v) is 3.33. The second-order valence-corrected chi connectivity index (χ2v) is 4.50. The van der Waals surface area contributed by atoms with Gasteiger partial charge >= 0.3 is 0 Å². The molecule has 3 nitrogen and oxygen atoms in total. The van der Waals surface area contributed by atoms with Gasteiger partial charge in [-0.05, 0) is 24.3 Å². The molecule has 3 aromatic rings. The number of imidazole rings is 1. The molecule has 1 aromatic heterocycles. The van der Waals surface area contributed by atoms with Crippen LogP contribution in [0.3, 0.4) is 0 Å². The molecule has 0 unspecified atom stereocenters. The average molecular weight is 286 g/mol. The minimum Gasteiger partial charge on any atom is -0.294 e. The Hall–Kier alpha value is -2.38. The standard InChI is InChI=1S/C15H9ClFN3/c16-8-15-19-12-5-1-2-6-14(12)20(15)13-7-3-4-11(17)10(13)9-18/h1-7H,8H2. The number of halogens is 2. The maximum absolute atomic E-state index is 13.8. The van der Waals surface area contributed by atoms with E-state index in [4.69, 9.17) is 11.6 Å². The van der Waals surface area contributed by atoms with Gasteiger partial charge in [0, 0.05) is 0 Å². The first-order valence-corrected chi connectivity index (χ1v) is 6.51. The molecule has 0 aliphatic carbocycles. The van der Waals surface area contributed by atoms with E-state index in [1.54, 1.807) is 16.7 Å². The lowest BCUT2D eigenvalue weighted by molar-refractivity contribution is 0.622. The van der Waals surface area contributed by atoms with E-state index in [9.17, 15) is 9.65 Å². The molecule has 0 fully saturated rings. The Labute approximate surface area is 119 Å². The van der Waals surface area contributed by atoms with E-state index in [0.29, 0.717) is 11.5 Å². The number of benzene rings is 2. The topological polar surface area (TPSA) is 41.6 Å². The third kappa shape index (κ3) is 1.84. The van der Waals surface area contributed by atoms with Crippen molar-refractivity contribution >= 4 is 22.6 Å². The summed E-state index contributed by atoms with van der Waals surface area (Å²) in [5.41, 5.74) is 2.00. The van der Waals surface area contributed by atoms with Gasteiger partial charge in [0.2, 0.25) is 0 Å². The van der Waals surface area contributed by atoms with Gasteiger partial charge in [0.05, 0.1) is 22.6 Å². The number of fused-ring (bicyclic) bond motifs is 1. The van der Waals surface area contributed by atoms with Crippen LogP contribution >= 0.6 is 11.6 Å². The zero-order valence-corrected chi connectivity index (χ0v) is 11.1. The predicted molar refractivity (Wildman–Crippen MR) is 75.3 cm³/mol. The van der Waals surface area contributed by atoms with Gasteiger partial charge in [0.1, 0.15) is 23.3 Å². The van der Waals surface area contributed by atoms with Gasteiger partial charge in [-0.15, -0.1) is 11.6 Å². The number of para-hydroxylation sites is 2. The fraction of sp³-hybridized carbons (Fsp3) is 0.0667. The first kappa shape index (κ1) is 12.6. The second kappa shape index (κ2) is 4.95. The van der Waals surface area contributed by atoms with Crippen LogP contribution in [-0.2, 0) is 5.88 Å². The molecular weight excluding hydrogens is 277 g/mol. The summed E-state index contributed by atoms with van der Waals surface area (Å²) in [6.07, 6.45) is 0. The molecule has 0 bridgehead atoms. The number of rotatable bonds is 2. The number of alkyl halides is 1. The van der Waals surface area contributed by atoms with Crippen molar-refractivity contribution in [3.63, 3.8) is 0 Å². The fourth-order valence-corrected chi connectivity index (χ4v) is 2.42. The van der Waals surface area contributed by atoms with E-state index >= 15 is 0 Å². The van der Waals surface area contributed by atoms with Gasteiger partial charge in [-0.2, -0.15) is 5.26 Å². The molecule has 5 heteroatoms. The van der Waals surface area contributed by atoms with Crippen LogP contribution in [0.5, 0.6) is 0 Å². The fourth-order valence-electron chi connectivity index (χ4n) is 2.24. The highest BCUT2D eigenvalue weighted by molar-refractivity contribution is 6.17. The van der Waals surface area contributed by atoms with Crippen LogP contribution in [0.4, 0.5) is 4.39 Å². The lowest BCUT2D eigenvalue weighted by Gasteiger charge is -2.10. The SMILES string of the molecule is N#Cc1c(F)cccc1-n1c(CCl)nc2ccccc21. The van der Waals surface area contributed by atoms with E-state index in [-0.39, 0.29) is 11.4 Å². The van der Waals surface area contributed by atoms with E-state index < -0.39 is 5.82 Å². The van der Waals surface area contributed by atoms with Crippen molar-refractivity contribution in [3.05, 3.63) is 59.7 Å². The molecule has 1 heterocycles. The maximum Gasteiger partial charge on any atom is 0.143 e. The molecule has 3 rings (SSSR count). The van der Waals surface area contributed by atoms with Crippen molar-refractivity contribution in [3.8, 4) is 11.8 Å². The van der Waals surface area contributed by atoms with Crippen LogP contribution in [-0.4, -0.2) is 9.55 Å². The van der Waals surface area contributed by atoms with E-state index in [1.165, 1.54) is 6.07 Å². The quantitative estimate of drug-likeness (QED) is 0.673. The molecule has 0 spiro atoms. The summed E-state index contributed by atoms with van der Waals surface area (Å²) in [6.45, 7) is 0. The summed E-state index contributed by atoms with van der Waals surface area (Å²) in [7, 11) is 0. The molecule has 0 aliphatic heterocycles. The number of hydrogen-bond acceptors (Lipinski definition) is 2. The Balaban J connectivity index is 2.41. The molecule has 20 heavy (non-hydrogen) atoms. The summed E-state index contributed by atoms with van der Waals surface area (Å²) in [6, 6.07) is 13.9. The minimum absolute atomic E-state index is 0.0120. The highest BCUT2D eigenvalue weighted by Crippen LogP contribution is 2.25. The van der Waals surface area contributed by atoms with Crippen LogP contribution in [0.1, 0.15) is 11.4 Å². The normalized spacial score (nSPS) is 10.7. The van der Waals surface area contributed by atoms with Gasteiger partial charge < -0.3 is 0 Å². The van der Waals surface area contributed by atoms with E-state index in [2.05, 4.69) is 4.98 Å². The smallest absolute Gasteiger partial charge is 0.143 e. The van der Waals surface area contributed by atoms with Gasteiger partial charge in [-0.25, -0.2) is 9.37 Å². The van der Waals surface area contributed by atoms with Crippen molar-refractivity contribution in [2.45, 2.75) is 5.88 Å².